The molecule has 3 heterocycles. The van der Waals surface area contributed by atoms with Gasteiger partial charge in [0.15, 0.2) is 16.7 Å². The summed E-state index contributed by atoms with van der Waals surface area (Å²) in [6.07, 6.45) is 0.663. The monoisotopic (exact) mass is 443 g/mol. The Bertz CT molecular complexity index is 937. The molecular formula is C18H19ClFN3O3S2. The SMILES string of the molecule is C[C@@]1(c2cc(NC(=O)c3scc4c3OCCO4)ccc2F)CCSC(N)=N1.Cl. The third-order valence-corrected chi connectivity index (χ3v) is 6.24. The molecule has 0 unspecified atom stereocenters. The summed E-state index contributed by atoms with van der Waals surface area (Å²) in [6, 6.07) is 4.49. The van der Waals surface area contributed by atoms with Crippen molar-refractivity contribution in [3.63, 3.8) is 0 Å². The second-order valence-corrected chi connectivity index (χ2v) is 8.42. The number of hydrogen-bond donors (Lipinski definition) is 2. The number of fused-ring (bicyclic) bond motifs is 1. The molecule has 1 aromatic heterocycles. The first-order chi connectivity index (χ1) is 13.0. The average Bonchev–Trinajstić information content (AvgIpc) is 3.07. The Morgan fingerprint density at radius 3 is 2.93 bits per heavy atom. The Kier molecular flexibility index (Phi) is 6.07. The second-order valence-electron chi connectivity index (χ2n) is 6.43. The molecule has 0 fully saturated rings. The number of amides is 1. The number of carbonyl (C=O) groups excluding carboxylic acids is 1. The lowest BCUT2D eigenvalue weighted by atomic mass is 9.89. The van der Waals surface area contributed by atoms with Crippen LogP contribution in [0.3, 0.4) is 0 Å². The molecule has 0 saturated carbocycles. The van der Waals surface area contributed by atoms with Crippen molar-refractivity contribution in [2.24, 2.45) is 10.7 Å². The first kappa shape index (κ1) is 20.8. The average molecular weight is 444 g/mol. The van der Waals surface area contributed by atoms with Crippen LogP contribution in [-0.4, -0.2) is 30.0 Å². The van der Waals surface area contributed by atoms with Crippen molar-refractivity contribution in [2.45, 2.75) is 18.9 Å². The summed E-state index contributed by atoms with van der Waals surface area (Å²) < 4.78 is 25.5. The fourth-order valence-corrected chi connectivity index (χ4v) is 4.90. The summed E-state index contributed by atoms with van der Waals surface area (Å²) in [6.45, 7) is 2.72. The van der Waals surface area contributed by atoms with E-state index in [1.165, 1.54) is 35.2 Å². The zero-order valence-corrected chi connectivity index (χ0v) is 17.4. The Hall–Kier alpha value is -1.97. The maximum absolute atomic E-state index is 14.5. The van der Waals surface area contributed by atoms with Crippen LogP contribution in [0.25, 0.3) is 0 Å². The fourth-order valence-electron chi connectivity index (χ4n) is 3.10. The quantitative estimate of drug-likeness (QED) is 0.748. The van der Waals surface area contributed by atoms with Gasteiger partial charge in [-0.2, -0.15) is 0 Å². The van der Waals surface area contributed by atoms with Crippen molar-refractivity contribution in [3.05, 3.63) is 39.8 Å². The van der Waals surface area contributed by atoms with Gasteiger partial charge in [-0.1, -0.05) is 11.8 Å². The molecule has 10 heteroatoms. The van der Waals surface area contributed by atoms with Gasteiger partial charge in [0.1, 0.15) is 23.9 Å². The summed E-state index contributed by atoms with van der Waals surface area (Å²) in [5.74, 6) is 1.11. The van der Waals surface area contributed by atoms with Gasteiger partial charge in [-0.25, -0.2) is 4.39 Å². The van der Waals surface area contributed by atoms with E-state index in [2.05, 4.69) is 10.3 Å². The number of nitrogens with one attached hydrogen (secondary N) is 1. The number of hydrogen-bond acceptors (Lipinski definition) is 7. The molecule has 4 rings (SSSR count). The van der Waals surface area contributed by atoms with Crippen LogP contribution in [0.2, 0.25) is 0 Å². The van der Waals surface area contributed by atoms with Crippen molar-refractivity contribution in [2.75, 3.05) is 24.3 Å². The molecule has 2 aliphatic rings. The van der Waals surface area contributed by atoms with Gasteiger partial charge >= 0.3 is 0 Å². The molecule has 1 amide bonds. The van der Waals surface area contributed by atoms with E-state index in [1.54, 1.807) is 11.4 Å². The number of nitrogens with two attached hydrogens (primary N) is 1. The van der Waals surface area contributed by atoms with E-state index < -0.39 is 5.54 Å². The van der Waals surface area contributed by atoms with Crippen molar-refractivity contribution in [1.82, 2.24) is 0 Å². The van der Waals surface area contributed by atoms with Crippen LogP contribution in [0, 0.1) is 5.82 Å². The number of ether oxygens (including phenoxy) is 2. The molecule has 150 valence electrons. The molecule has 2 aliphatic heterocycles. The van der Waals surface area contributed by atoms with E-state index in [4.69, 9.17) is 15.2 Å². The Labute approximate surface area is 176 Å². The molecule has 28 heavy (non-hydrogen) atoms. The van der Waals surface area contributed by atoms with Crippen LogP contribution in [0.1, 0.15) is 28.6 Å². The number of halogens is 2. The van der Waals surface area contributed by atoms with Gasteiger partial charge in [0, 0.05) is 22.4 Å². The van der Waals surface area contributed by atoms with Gasteiger partial charge in [0.2, 0.25) is 0 Å². The van der Waals surface area contributed by atoms with E-state index in [9.17, 15) is 9.18 Å². The van der Waals surface area contributed by atoms with Gasteiger partial charge in [0.25, 0.3) is 5.91 Å². The number of rotatable bonds is 3. The molecule has 0 aliphatic carbocycles. The minimum atomic E-state index is -0.751. The Morgan fingerprint density at radius 2 is 2.14 bits per heavy atom. The molecule has 6 nitrogen and oxygen atoms in total. The van der Waals surface area contributed by atoms with Crippen molar-refractivity contribution >= 4 is 52.3 Å². The summed E-state index contributed by atoms with van der Waals surface area (Å²) >= 11 is 2.71. The van der Waals surface area contributed by atoms with Gasteiger partial charge in [0.05, 0.1) is 5.54 Å². The Balaban J connectivity index is 0.00000225. The van der Waals surface area contributed by atoms with Crippen LogP contribution in [0.5, 0.6) is 11.5 Å². The lowest BCUT2D eigenvalue weighted by molar-refractivity contribution is 0.102. The number of benzene rings is 1. The van der Waals surface area contributed by atoms with Crippen LogP contribution in [0.15, 0.2) is 28.6 Å². The van der Waals surface area contributed by atoms with Crippen LogP contribution in [0.4, 0.5) is 10.1 Å². The highest BCUT2D eigenvalue weighted by Gasteiger charge is 2.32. The molecule has 0 radical (unpaired) electrons. The van der Waals surface area contributed by atoms with E-state index in [0.29, 0.717) is 52.4 Å². The zero-order chi connectivity index (χ0) is 19.0. The smallest absolute Gasteiger partial charge is 0.269 e. The third kappa shape index (κ3) is 3.92. The first-order valence-electron chi connectivity index (χ1n) is 8.43. The summed E-state index contributed by atoms with van der Waals surface area (Å²) in [5.41, 5.74) is 5.99. The van der Waals surface area contributed by atoms with E-state index in [0.717, 1.165) is 5.75 Å². The Morgan fingerprint density at radius 1 is 1.36 bits per heavy atom. The number of amidine groups is 1. The molecule has 3 N–H and O–H groups in total. The number of anilines is 1. The first-order valence-corrected chi connectivity index (χ1v) is 10.3. The minimum Gasteiger partial charge on any atom is -0.485 e. The summed E-state index contributed by atoms with van der Waals surface area (Å²) in [4.78, 5) is 17.5. The molecular weight excluding hydrogens is 425 g/mol. The second kappa shape index (κ2) is 8.18. The predicted octanol–water partition coefficient (Wildman–Crippen LogP) is 4.00. The normalized spacial score (nSPS) is 20.7. The minimum absolute atomic E-state index is 0. The highest BCUT2D eigenvalue weighted by Crippen LogP contribution is 2.40. The van der Waals surface area contributed by atoms with Crippen LogP contribution in [-0.2, 0) is 5.54 Å². The van der Waals surface area contributed by atoms with Gasteiger partial charge in [-0.05, 0) is 31.5 Å². The van der Waals surface area contributed by atoms with Gasteiger partial charge in [-0.3, -0.25) is 9.79 Å². The zero-order valence-electron chi connectivity index (χ0n) is 15.0. The van der Waals surface area contributed by atoms with Crippen LogP contribution >= 0.6 is 35.5 Å². The predicted molar refractivity (Wildman–Crippen MR) is 113 cm³/mol. The number of nitrogens with zero attached hydrogens (tertiary/aromatic N) is 1. The number of carbonyl (C=O) groups is 1. The molecule has 0 bridgehead atoms. The number of thioether (sulfide) groups is 1. The maximum atomic E-state index is 14.5. The number of thiophene rings is 1. The lowest BCUT2D eigenvalue weighted by Crippen LogP contribution is -2.29. The van der Waals surface area contributed by atoms with Gasteiger partial charge in [-0.15, -0.1) is 23.7 Å². The third-order valence-electron chi connectivity index (χ3n) is 4.51. The summed E-state index contributed by atoms with van der Waals surface area (Å²) in [5, 5.41) is 5.01. The van der Waals surface area contributed by atoms with Crippen molar-refractivity contribution in [1.29, 1.82) is 0 Å². The van der Waals surface area contributed by atoms with Gasteiger partial charge < -0.3 is 20.5 Å². The molecule has 0 saturated heterocycles. The van der Waals surface area contributed by atoms with Crippen LogP contribution < -0.4 is 20.5 Å². The standard InChI is InChI=1S/C18H18FN3O3S2.ClH/c1-18(4-7-26-17(20)22-18)11-8-10(2-3-12(11)19)21-16(23)15-14-13(9-27-15)24-5-6-25-14;/h2-3,8-9H,4-7H2,1H3,(H2,20,22)(H,21,23);1H/t18-;/m0./s1. The van der Waals surface area contributed by atoms with Crippen molar-refractivity contribution in [3.8, 4) is 11.5 Å². The molecule has 0 spiro atoms. The maximum Gasteiger partial charge on any atom is 0.269 e. The highest BCUT2D eigenvalue weighted by molar-refractivity contribution is 8.13. The topological polar surface area (TPSA) is 85.9 Å². The molecule has 1 aromatic carbocycles. The number of aliphatic imine (C=N–C) groups is 1. The lowest BCUT2D eigenvalue weighted by Gasteiger charge is -2.30. The van der Waals surface area contributed by atoms with E-state index >= 15 is 0 Å². The fraction of sp³-hybridized carbons (Fsp3) is 0.333. The molecule has 2 aromatic rings. The van der Waals surface area contributed by atoms with Crippen molar-refractivity contribution < 1.29 is 18.7 Å². The largest absolute Gasteiger partial charge is 0.485 e. The summed E-state index contributed by atoms with van der Waals surface area (Å²) in [7, 11) is 0. The van der Waals surface area contributed by atoms with E-state index in [-0.39, 0.29) is 24.1 Å². The van der Waals surface area contributed by atoms with E-state index in [1.807, 2.05) is 6.92 Å². The highest BCUT2D eigenvalue weighted by atomic mass is 35.5. The molecule has 1 atom stereocenters.